The summed E-state index contributed by atoms with van der Waals surface area (Å²) in [6.07, 6.45) is 2.40. The van der Waals surface area contributed by atoms with Crippen molar-refractivity contribution >= 4 is 23.2 Å². The third kappa shape index (κ3) is 1.44. The Kier molecular flexibility index (Phi) is 1.26. The fourth-order valence-corrected chi connectivity index (χ4v) is 1.78. The minimum absolute atomic E-state index is 0.0483. The summed E-state index contributed by atoms with van der Waals surface area (Å²) < 4.78 is 46.6. The standard InChI is InChI=1S/C13H12N4O/c1-8-5-7-15-12-10(8)16-13(18)9-4-3-6-14-11(9)17(12)2/h3-7H,1-2H3,(H,16,18)/i1D3,3D,4D/hD. The van der Waals surface area contributed by atoms with Gasteiger partial charge in [-0.25, -0.2) is 9.97 Å². The molecule has 3 heterocycles. The second-order valence-corrected chi connectivity index (χ2v) is 3.73. The first-order valence-corrected chi connectivity index (χ1v) is 5.17. The number of fused-ring (bicyclic) bond motifs is 2. The summed E-state index contributed by atoms with van der Waals surface area (Å²) in [4.78, 5) is 22.1. The summed E-state index contributed by atoms with van der Waals surface area (Å²) in [7, 11) is 1.51. The molecule has 18 heavy (non-hydrogen) atoms. The van der Waals surface area contributed by atoms with Crippen LogP contribution in [-0.4, -0.2) is 22.9 Å². The van der Waals surface area contributed by atoms with Crippen molar-refractivity contribution in [3.05, 3.63) is 41.7 Å². The van der Waals surface area contributed by atoms with Gasteiger partial charge in [-0.2, -0.15) is 0 Å². The van der Waals surface area contributed by atoms with Crippen LogP contribution < -0.4 is 10.2 Å². The molecule has 0 unspecified atom stereocenters. The number of carbonyl (C=O) groups excluding carboxylic acids is 1. The van der Waals surface area contributed by atoms with Crippen LogP contribution in [0.3, 0.4) is 0 Å². The Morgan fingerprint density at radius 3 is 3.11 bits per heavy atom. The molecule has 0 bridgehead atoms. The molecule has 1 amide bonds. The van der Waals surface area contributed by atoms with Crippen LogP contribution in [0, 0.1) is 6.85 Å². The average Bonchev–Trinajstić information content (AvgIpc) is 2.60. The first kappa shape index (κ1) is 5.95. The summed E-state index contributed by atoms with van der Waals surface area (Å²) in [5.41, 5.74) is -0.628. The lowest BCUT2D eigenvalue weighted by atomic mass is 10.2. The fraction of sp³-hybridized carbons (Fsp3) is 0.154. The van der Waals surface area contributed by atoms with Crippen molar-refractivity contribution in [1.82, 2.24) is 9.97 Å². The van der Waals surface area contributed by atoms with Crippen molar-refractivity contribution in [2.75, 3.05) is 17.3 Å². The molecule has 5 nitrogen and oxygen atoms in total. The Morgan fingerprint density at radius 1 is 1.44 bits per heavy atom. The van der Waals surface area contributed by atoms with Gasteiger partial charge in [0.1, 0.15) is 5.82 Å². The van der Waals surface area contributed by atoms with E-state index in [0.29, 0.717) is 5.31 Å². The summed E-state index contributed by atoms with van der Waals surface area (Å²) >= 11 is 0. The Hall–Kier alpha value is -2.43. The highest BCUT2D eigenvalue weighted by Crippen LogP contribution is 2.35. The minimum Gasteiger partial charge on any atom is -0.318 e. The number of pyridine rings is 2. The Bertz CT molecular complexity index is 853. The topological polar surface area (TPSA) is 58.1 Å². The zero-order chi connectivity index (χ0) is 17.8. The Balaban J connectivity index is 2.37. The van der Waals surface area contributed by atoms with E-state index in [2.05, 4.69) is 9.97 Å². The molecule has 0 atom stereocenters. The smallest absolute Gasteiger partial charge is 0.259 e. The molecule has 0 saturated carbocycles. The lowest BCUT2D eigenvalue weighted by Crippen LogP contribution is -2.14. The maximum absolute atomic E-state index is 12.7. The molecule has 5 heteroatoms. The van der Waals surface area contributed by atoms with Gasteiger partial charge in [0, 0.05) is 23.6 Å². The molecule has 1 aliphatic rings. The van der Waals surface area contributed by atoms with Gasteiger partial charge in [0.05, 0.1) is 14.0 Å². The van der Waals surface area contributed by atoms with Gasteiger partial charge in [-0.05, 0) is 30.6 Å². The van der Waals surface area contributed by atoms with Gasteiger partial charge >= 0.3 is 0 Å². The summed E-state index contributed by atoms with van der Waals surface area (Å²) in [5.74, 6) is -0.816. The molecule has 3 rings (SSSR count). The molecule has 0 saturated heterocycles. The van der Waals surface area contributed by atoms with E-state index in [1.807, 2.05) is 0 Å². The predicted octanol–water partition coefficient (Wildman–Crippen LogP) is 2.12. The minimum atomic E-state index is -2.55. The maximum Gasteiger partial charge on any atom is 0.259 e. The van der Waals surface area contributed by atoms with Crippen LogP contribution in [0.1, 0.15) is 22.8 Å². The van der Waals surface area contributed by atoms with Gasteiger partial charge in [0.25, 0.3) is 5.91 Å². The first-order valence-electron chi connectivity index (χ1n) is 8.12. The quantitative estimate of drug-likeness (QED) is 0.773. The highest BCUT2D eigenvalue weighted by atomic mass is 16.1. The Labute approximate surface area is 113 Å². The fourth-order valence-electron chi connectivity index (χ4n) is 1.78. The number of amides is 1. The summed E-state index contributed by atoms with van der Waals surface area (Å²) in [6, 6.07) is 0.589. The van der Waals surface area contributed by atoms with Crippen LogP contribution >= 0.6 is 0 Å². The van der Waals surface area contributed by atoms with E-state index in [4.69, 9.17) is 8.27 Å². The molecule has 90 valence electrons. The van der Waals surface area contributed by atoms with Crippen molar-refractivity contribution in [1.29, 1.82) is 0 Å². The van der Waals surface area contributed by atoms with Crippen LogP contribution in [0.4, 0.5) is 17.3 Å². The van der Waals surface area contributed by atoms with Crippen LogP contribution in [-0.2, 0) is 0 Å². The third-order valence-corrected chi connectivity index (χ3v) is 2.64. The van der Waals surface area contributed by atoms with Crippen LogP contribution in [0.2, 0.25) is 1.41 Å². The second kappa shape index (κ2) is 3.80. The zero-order valence-electron chi connectivity index (χ0n) is 15.4. The number of hydrogen-bond donors (Lipinski definition) is 1. The molecule has 0 radical (unpaired) electrons. The lowest BCUT2D eigenvalue weighted by molar-refractivity contribution is 0.102. The van der Waals surface area contributed by atoms with Gasteiger partial charge in [-0.3, -0.25) is 4.79 Å². The number of hydrogen-bond acceptors (Lipinski definition) is 4. The number of carbonyl (C=O) groups is 1. The van der Waals surface area contributed by atoms with Crippen molar-refractivity contribution in [3.63, 3.8) is 0 Å². The van der Waals surface area contributed by atoms with Crippen LogP contribution in [0.15, 0.2) is 30.5 Å². The highest BCUT2D eigenvalue weighted by molar-refractivity contribution is 6.11. The van der Waals surface area contributed by atoms with Crippen molar-refractivity contribution in [2.24, 2.45) is 0 Å². The van der Waals surface area contributed by atoms with Crippen LogP contribution in [0.25, 0.3) is 0 Å². The molecule has 2 aromatic rings. The lowest BCUT2D eigenvalue weighted by Gasteiger charge is -2.18. The number of nitrogens with one attached hydrogen (secondary N) is 1. The number of aryl methyl sites for hydroxylation is 1. The van der Waals surface area contributed by atoms with Crippen molar-refractivity contribution < 1.29 is 13.1 Å². The molecular weight excluding hydrogens is 228 g/mol. The van der Waals surface area contributed by atoms with E-state index < -0.39 is 12.8 Å². The number of anilines is 3. The molecule has 0 aromatic carbocycles. The maximum atomic E-state index is 12.7. The molecular formula is C13H12N4O. The molecule has 1 aliphatic heterocycles. The number of nitrogens with zero attached hydrogens (tertiary/aromatic N) is 3. The zero-order valence-corrected chi connectivity index (χ0v) is 9.43. The van der Waals surface area contributed by atoms with Gasteiger partial charge < -0.3 is 10.2 Å². The monoisotopic (exact) mass is 246 g/mol. The molecule has 0 spiro atoms. The molecule has 1 N–H and O–H groups in total. The number of rotatable bonds is 0. The Morgan fingerprint density at radius 2 is 2.28 bits per heavy atom. The van der Waals surface area contributed by atoms with Gasteiger partial charge in [-0.15, -0.1) is 0 Å². The van der Waals surface area contributed by atoms with Gasteiger partial charge in [-0.1, -0.05) is 0 Å². The van der Waals surface area contributed by atoms with E-state index in [0.717, 1.165) is 6.20 Å². The van der Waals surface area contributed by atoms with Gasteiger partial charge in [0.15, 0.2) is 7.23 Å². The SMILES string of the molecule is [2H]c1cnc2c(c1[2H])C(=O)N([2H])c1c(C([2H])([2H])[2H])ccnc1N2C. The highest BCUT2D eigenvalue weighted by Gasteiger charge is 2.25. The summed E-state index contributed by atoms with van der Waals surface area (Å²) in [5, 5.41) is 0.408. The number of aromatic nitrogens is 2. The molecule has 0 aliphatic carbocycles. The summed E-state index contributed by atoms with van der Waals surface area (Å²) in [6.45, 7) is -2.55. The van der Waals surface area contributed by atoms with E-state index in [9.17, 15) is 4.79 Å². The van der Waals surface area contributed by atoms with E-state index in [-0.39, 0.29) is 40.5 Å². The van der Waals surface area contributed by atoms with Crippen molar-refractivity contribution in [2.45, 2.75) is 6.85 Å². The van der Waals surface area contributed by atoms with E-state index >= 15 is 0 Å². The third-order valence-electron chi connectivity index (χ3n) is 2.64. The van der Waals surface area contributed by atoms with Gasteiger partial charge in [0.2, 0.25) is 0 Å². The van der Waals surface area contributed by atoms with Crippen LogP contribution in [0.5, 0.6) is 0 Å². The molecule has 2 aromatic heterocycles. The normalized spacial score (nSPS) is 19.5. The first-order chi connectivity index (χ1) is 11.1. The van der Waals surface area contributed by atoms with Crippen molar-refractivity contribution in [3.8, 4) is 0 Å². The second-order valence-electron chi connectivity index (χ2n) is 3.73. The van der Waals surface area contributed by atoms with E-state index in [1.165, 1.54) is 24.2 Å². The average molecular weight is 246 g/mol. The van der Waals surface area contributed by atoms with E-state index in [1.54, 1.807) is 0 Å². The predicted molar refractivity (Wildman–Crippen MR) is 69.2 cm³/mol. The molecule has 0 fully saturated rings. The largest absolute Gasteiger partial charge is 0.318 e.